The van der Waals surface area contributed by atoms with E-state index in [1.807, 2.05) is 17.0 Å². The first-order chi connectivity index (χ1) is 12.7. The number of hydrogen-bond acceptors (Lipinski definition) is 5. The van der Waals surface area contributed by atoms with E-state index in [1.165, 1.54) is 4.88 Å². The van der Waals surface area contributed by atoms with Gasteiger partial charge in [0, 0.05) is 30.7 Å². The molecule has 4 rings (SSSR count). The van der Waals surface area contributed by atoms with E-state index in [-0.39, 0.29) is 12.0 Å². The number of ether oxygens (including phenoxy) is 1. The minimum atomic E-state index is 0.0993. The second kappa shape index (κ2) is 7.76. The molecule has 1 amide bonds. The number of nitrogens with zero attached hydrogens (tertiary/aromatic N) is 3. The second-order valence-electron chi connectivity index (χ2n) is 7.20. The molecule has 1 atom stereocenters. The molecule has 0 aliphatic carbocycles. The van der Waals surface area contributed by atoms with Crippen molar-refractivity contribution in [1.29, 1.82) is 0 Å². The monoisotopic (exact) mass is 371 g/mol. The van der Waals surface area contributed by atoms with Gasteiger partial charge in [0.1, 0.15) is 11.9 Å². The van der Waals surface area contributed by atoms with Crippen LogP contribution in [-0.2, 0) is 4.74 Å². The Bertz CT molecular complexity index is 724. The van der Waals surface area contributed by atoms with Gasteiger partial charge in [-0.05, 0) is 42.3 Å². The number of piperidine rings is 1. The van der Waals surface area contributed by atoms with Crippen LogP contribution in [0.5, 0.6) is 0 Å². The van der Waals surface area contributed by atoms with Crippen LogP contribution in [0.15, 0.2) is 35.8 Å². The molecule has 0 radical (unpaired) electrons. The summed E-state index contributed by atoms with van der Waals surface area (Å²) >= 11 is 1.73. The molecular formula is C20H25N3O2S. The van der Waals surface area contributed by atoms with Crippen LogP contribution in [0.4, 0.5) is 5.82 Å². The molecule has 1 unspecified atom stereocenters. The fraction of sp³-hybridized carbons (Fsp3) is 0.500. The summed E-state index contributed by atoms with van der Waals surface area (Å²) in [6, 6.07) is 8.06. The van der Waals surface area contributed by atoms with Crippen LogP contribution in [0.1, 0.15) is 41.1 Å². The number of anilines is 1. The van der Waals surface area contributed by atoms with Crippen molar-refractivity contribution in [3.8, 4) is 0 Å². The van der Waals surface area contributed by atoms with Crippen LogP contribution in [0, 0.1) is 5.92 Å². The molecule has 0 aromatic carbocycles. The van der Waals surface area contributed by atoms with Gasteiger partial charge in [0.2, 0.25) is 0 Å². The number of aromatic nitrogens is 1. The van der Waals surface area contributed by atoms with E-state index < -0.39 is 0 Å². The third kappa shape index (κ3) is 3.76. The van der Waals surface area contributed by atoms with Gasteiger partial charge in [-0.25, -0.2) is 4.98 Å². The Morgan fingerprint density at radius 2 is 2.08 bits per heavy atom. The number of likely N-dealkylation sites (tertiary alicyclic amines) is 1. The zero-order valence-electron chi connectivity index (χ0n) is 15.1. The van der Waals surface area contributed by atoms with Crippen molar-refractivity contribution in [2.75, 3.05) is 37.7 Å². The maximum absolute atomic E-state index is 12.7. The first kappa shape index (κ1) is 17.5. The Hall–Kier alpha value is -1.92. The first-order valence-corrected chi connectivity index (χ1v) is 10.2. The summed E-state index contributed by atoms with van der Waals surface area (Å²) in [5.41, 5.74) is 0.686. The van der Waals surface area contributed by atoms with E-state index in [2.05, 4.69) is 34.3 Å². The Morgan fingerprint density at radius 3 is 2.77 bits per heavy atom. The summed E-state index contributed by atoms with van der Waals surface area (Å²) in [6.45, 7) is 6.28. The number of amides is 1. The van der Waals surface area contributed by atoms with Gasteiger partial charge in [-0.15, -0.1) is 11.3 Å². The Labute approximate surface area is 158 Å². The maximum Gasteiger partial charge on any atom is 0.255 e. The molecule has 26 heavy (non-hydrogen) atoms. The van der Waals surface area contributed by atoms with E-state index in [0.717, 1.165) is 50.8 Å². The molecule has 2 aliphatic heterocycles. The summed E-state index contributed by atoms with van der Waals surface area (Å²) in [7, 11) is 0. The highest BCUT2D eigenvalue weighted by molar-refractivity contribution is 7.10. The third-order valence-corrected chi connectivity index (χ3v) is 6.28. The van der Waals surface area contributed by atoms with E-state index >= 15 is 0 Å². The zero-order chi connectivity index (χ0) is 17.9. The molecule has 138 valence electrons. The molecule has 0 saturated carbocycles. The van der Waals surface area contributed by atoms with E-state index in [1.54, 1.807) is 17.5 Å². The van der Waals surface area contributed by atoms with Gasteiger partial charge in [0.15, 0.2) is 0 Å². The topological polar surface area (TPSA) is 45.7 Å². The summed E-state index contributed by atoms with van der Waals surface area (Å²) in [6.07, 6.45) is 4.01. The molecule has 2 aliphatic rings. The van der Waals surface area contributed by atoms with Crippen molar-refractivity contribution in [2.24, 2.45) is 5.92 Å². The normalized spacial score (nSPS) is 21.8. The lowest BCUT2D eigenvalue weighted by atomic mass is 9.99. The van der Waals surface area contributed by atoms with Gasteiger partial charge in [-0.1, -0.05) is 13.0 Å². The van der Waals surface area contributed by atoms with Crippen LogP contribution >= 0.6 is 11.3 Å². The summed E-state index contributed by atoms with van der Waals surface area (Å²) in [5, 5.41) is 2.08. The molecule has 0 spiro atoms. The van der Waals surface area contributed by atoms with Crippen LogP contribution in [0.2, 0.25) is 0 Å². The molecule has 0 N–H and O–H groups in total. The standard InChI is InChI=1S/C20H25N3O2S/c1-15-6-8-22(9-7-15)20(24)16-4-5-19(21-13-16)23-10-11-25-17(14-23)18-3-2-12-26-18/h2-5,12-13,15,17H,6-11,14H2,1H3. The highest BCUT2D eigenvalue weighted by atomic mass is 32.1. The van der Waals surface area contributed by atoms with Crippen molar-refractivity contribution < 1.29 is 9.53 Å². The predicted octanol–water partition coefficient (Wildman–Crippen LogP) is 3.59. The minimum absolute atomic E-state index is 0.0993. The Morgan fingerprint density at radius 1 is 1.23 bits per heavy atom. The van der Waals surface area contributed by atoms with Gasteiger partial charge < -0.3 is 14.5 Å². The van der Waals surface area contributed by atoms with Gasteiger partial charge in [0.05, 0.1) is 18.7 Å². The number of carbonyl (C=O) groups excluding carboxylic acids is 1. The molecule has 2 aromatic heterocycles. The number of thiophene rings is 1. The average Bonchev–Trinajstić information content (AvgIpc) is 3.23. The molecule has 2 fully saturated rings. The van der Waals surface area contributed by atoms with Crippen molar-refractivity contribution in [1.82, 2.24) is 9.88 Å². The summed E-state index contributed by atoms with van der Waals surface area (Å²) in [5.74, 6) is 1.74. The molecule has 2 saturated heterocycles. The summed E-state index contributed by atoms with van der Waals surface area (Å²) in [4.78, 5) is 22.7. The molecule has 0 bridgehead atoms. The van der Waals surface area contributed by atoms with Crippen molar-refractivity contribution in [3.05, 3.63) is 46.3 Å². The summed E-state index contributed by atoms with van der Waals surface area (Å²) < 4.78 is 5.90. The highest BCUT2D eigenvalue weighted by Crippen LogP contribution is 2.28. The quantitative estimate of drug-likeness (QED) is 0.827. The smallest absolute Gasteiger partial charge is 0.255 e. The lowest BCUT2D eigenvalue weighted by Gasteiger charge is -2.33. The Balaban J connectivity index is 1.41. The lowest BCUT2D eigenvalue weighted by molar-refractivity contribution is 0.0418. The number of rotatable bonds is 3. The third-order valence-electron chi connectivity index (χ3n) is 5.32. The molecule has 2 aromatic rings. The van der Waals surface area contributed by atoms with E-state index in [0.29, 0.717) is 12.2 Å². The van der Waals surface area contributed by atoms with Gasteiger partial charge in [-0.3, -0.25) is 4.79 Å². The van der Waals surface area contributed by atoms with Crippen molar-refractivity contribution >= 4 is 23.1 Å². The lowest BCUT2D eigenvalue weighted by Crippen LogP contribution is -2.39. The fourth-order valence-electron chi connectivity index (χ4n) is 3.60. The van der Waals surface area contributed by atoms with E-state index in [9.17, 15) is 4.79 Å². The number of pyridine rings is 1. The SMILES string of the molecule is CC1CCN(C(=O)c2ccc(N3CCOC(c4cccs4)C3)nc2)CC1. The molecule has 6 heteroatoms. The van der Waals surface area contributed by atoms with Crippen LogP contribution in [0.25, 0.3) is 0 Å². The molecule has 5 nitrogen and oxygen atoms in total. The van der Waals surface area contributed by atoms with Gasteiger partial charge in [-0.2, -0.15) is 0 Å². The largest absolute Gasteiger partial charge is 0.369 e. The van der Waals surface area contributed by atoms with Crippen LogP contribution in [-0.4, -0.2) is 48.6 Å². The van der Waals surface area contributed by atoms with E-state index in [4.69, 9.17) is 4.74 Å². The number of hydrogen-bond donors (Lipinski definition) is 0. The minimum Gasteiger partial charge on any atom is -0.369 e. The van der Waals surface area contributed by atoms with Gasteiger partial charge in [0.25, 0.3) is 5.91 Å². The highest BCUT2D eigenvalue weighted by Gasteiger charge is 2.25. The number of morpholine rings is 1. The van der Waals surface area contributed by atoms with Crippen molar-refractivity contribution in [3.63, 3.8) is 0 Å². The van der Waals surface area contributed by atoms with Crippen molar-refractivity contribution in [2.45, 2.75) is 25.9 Å². The maximum atomic E-state index is 12.7. The first-order valence-electron chi connectivity index (χ1n) is 9.36. The average molecular weight is 372 g/mol. The molecule has 4 heterocycles. The molecular weight excluding hydrogens is 346 g/mol. The second-order valence-corrected chi connectivity index (χ2v) is 8.18. The van der Waals surface area contributed by atoms with Crippen LogP contribution in [0.3, 0.4) is 0 Å². The predicted molar refractivity (Wildman–Crippen MR) is 104 cm³/mol. The van der Waals surface area contributed by atoms with Gasteiger partial charge >= 0.3 is 0 Å². The number of carbonyl (C=O) groups is 1. The zero-order valence-corrected chi connectivity index (χ0v) is 16.0. The fourth-order valence-corrected chi connectivity index (χ4v) is 4.36. The van der Waals surface area contributed by atoms with Crippen LogP contribution < -0.4 is 4.90 Å². The Kier molecular flexibility index (Phi) is 5.22.